The third-order valence-electron chi connectivity index (χ3n) is 5.83. The molecule has 1 fully saturated rings. The Kier molecular flexibility index (Phi) is 5.35. The zero-order valence-corrected chi connectivity index (χ0v) is 15.6. The predicted molar refractivity (Wildman–Crippen MR) is 106 cm³/mol. The van der Waals surface area contributed by atoms with Gasteiger partial charge >= 0.3 is 0 Å². The van der Waals surface area contributed by atoms with E-state index in [9.17, 15) is 9.59 Å². The molecule has 4 nitrogen and oxygen atoms in total. The summed E-state index contributed by atoms with van der Waals surface area (Å²) in [6.45, 7) is 4.46. The van der Waals surface area contributed by atoms with Crippen LogP contribution in [0.15, 0.2) is 54.6 Å². The lowest BCUT2D eigenvalue weighted by molar-refractivity contribution is 0.0709. The van der Waals surface area contributed by atoms with Crippen molar-refractivity contribution >= 4 is 11.7 Å². The first kappa shape index (κ1) is 17.9. The maximum atomic E-state index is 12.5. The minimum atomic E-state index is 0.182. The predicted octanol–water partition coefficient (Wildman–Crippen LogP) is 3.63. The summed E-state index contributed by atoms with van der Waals surface area (Å²) in [5.41, 5.74) is 2.83. The van der Waals surface area contributed by atoms with Gasteiger partial charge in [0.05, 0.1) is 0 Å². The third kappa shape index (κ3) is 4.11. The summed E-state index contributed by atoms with van der Waals surface area (Å²) in [4.78, 5) is 29.2. The van der Waals surface area contributed by atoms with Gasteiger partial charge in [-0.15, -0.1) is 0 Å². The van der Waals surface area contributed by atoms with Crippen LogP contribution in [0.1, 0.15) is 45.5 Å². The van der Waals surface area contributed by atoms with Crippen LogP contribution in [0.2, 0.25) is 0 Å². The summed E-state index contributed by atoms with van der Waals surface area (Å²) < 4.78 is 0. The normalized spacial score (nSPS) is 17.9. The summed E-state index contributed by atoms with van der Waals surface area (Å²) in [5, 5.41) is 0. The molecule has 0 saturated carbocycles. The molecule has 1 saturated heterocycles. The fraction of sp³-hybridized carbons (Fsp3) is 0.391. The molecule has 4 rings (SSSR count). The molecule has 0 spiro atoms. The maximum Gasteiger partial charge on any atom is 0.254 e. The first-order chi connectivity index (χ1) is 13.2. The minimum Gasteiger partial charge on any atom is -0.334 e. The zero-order chi connectivity index (χ0) is 18.6. The summed E-state index contributed by atoms with van der Waals surface area (Å²) in [6, 6.07) is 17.5. The Hall–Kier alpha value is -2.46. The lowest BCUT2D eigenvalue weighted by Crippen LogP contribution is -2.39. The van der Waals surface area contributed by atoms with E-state index < -0.39 is 0 Å². The molecule has 2 aliphatic rings. The number of carbonyl (C=O) groups is 2. The lowest BCUT2D eigenvalue weighted by Gasteiger charge is -2.33. The Morgan fingerprint density at radius 3 is 2.41 bits per heavy atom. The number of likely N-dealkylation sites (tertiary alicyclic amines) is 1. The molecule has 0 radical (unpaired) electrons. The van der Waals surface area contributed by atoms with Crippen LogP contribution >= 0.6 is 0 Å². The maximum absolute atomic E-state index is 12.5. The largest absolute Gasteiger partial charge is 0.334 e. The van der Waals surface area contributed by atoms with Crippen molar-refractivity contribution in [3.8, 4) is 0 Å². The van der Waals surface area contributed by atoms with Crippen molar-refractivity contribution in [2.24, 2.45) is 5.92 Å². The molecular formula is C23H26N2O2. The monoisotopic (exact) mass is 362 g/mol. The highest BCUT2D eigenvalue weighted by Crippen LogP contribution is 2.26. The number of fused-ring (bicyclic) bond motifs is 1. The zero-order valence-electron chi connectivity index (χ0n) is 15.6. The Bertz CT molecular complexity index is 810. The molecule has 4 heteroatoms. The summed E-state index contributed by atoms with van der Waals surface area (Å²) in [7, 11) is 0. The molecule has 27 heavy (non-hydrogen) atoms. The van der Waals surface area contributed by atoms with E-state index in [4.69, 9.17) is 0 Å². The van der Waals surface area contributed by atoms with Gasteiger partial charge < -0.3 is 9.80 Å². The van der Waals surface area contributed by atoms with E-state index in [1.165, 1.54) is 0 Å². The van der Waals surface area contributed by atoms with Crippen LogP contribution in [0.5, 0.6) is 0 Å². The Balaban J connectivity index is 1.22. The Morgan fingerprint density at radius 1 is 0.963 bits per heavy atom. The van der Waals surface area contributed by atoms with Gasteiger partial charge in [0.25, 0.3) is 5.91 Å². The van der Waals surface area contributed by atoms with E-state index in [0.717, 1.165) is 62.3 Å². The first-order valence-corrected chi connectivity index (χ1v) is 9.88. The van der Waals surface area contributed by atoms with Gasteiger partial charge in [0.15, 0.2) is 5.78 Å². The van der Waals surface area contributed by atoms with Gasteiger partial charge in [-0.25, -0.2) is 0 Å². The number of benzene rings is 2. The fourth-order valence-corrected chi connectivity index (χ4v) is 4.19. The summed E-state index contributed by atoms with van der Waals surface area (Å²) in [5.74, 6) is 0.962. The highest BCUT2D eigenvalue weighted by Gasteiger charge is 2.30. The van der Waals surface area contributed by atoms with Crippen LogP contribution in [0.4, 0.5) is 0 Å². The highest BCUT2D eigenvalue weighted by molar-refractivity contribution is 5.98. The summed E-state index contributed by atoms with van der Waals surface area (Å²) >= 11 is 0. The standard InChI is InChI=1S/C23H26N2O2/c26-22(19-6-2-1-3-7-19)12-15-24-13-10-18(11-14-24)16-25-17-20-8-4-5-9-21(20)23(25)27/h1-9,18H,10-17H2. The van der Waals surface area contributed by atoms with E-state index in [0.29, 0.717) is 12.3 Å². The van der Waals surface area contributed by atoms with Crippen molar-refractivity contribution in [2.75, 3.05) is 26.2 Å². The van der Waals surface area contributed by atoms with Crippen LogP contribution < -0.4 is 0 Å². The third-order valence-corrected chi connectivity index (χ3v) is 5.83. The van der Waals surface area contributed by atoms with E-state index in [1.54, 1.807) is 0 Å². The van der Waals surface area contributed by atoms with E-state index in [2.05, 4.69) is 11.0 Å². The van der Waals surface area contributed by atoms with Crippen molar-refractivity contribution in [1.82, 2.24) is 9.80 Å². The number of Topliss-reactive ketones (excluding diaryl/α,β-unsaturated/α-hetero) is 1. The second-order valence-corrected chi connectivity index (χ2v) is 7.67. The van der Waals surface area contributed by atoms with Crippen molar-refractivity contribution in [1.29, 1.82) is 0 Å². The molecular weight excluding hydrogens is 336 g/mol. The number of rotatable bonds is 6. The molecule has 140 valence electrons. The molecule has 2 heterocycles. The van der Waals surface area contributed by atoms with Crippen LogP contribution in [0, 0.1) is 5.92 Å². The van der Waals surface area contributed by atoms with E-state index in [1.807, 2.05) is 53.4 Å². The SMILES string of the molecule is O=C(CCN1CCC(CN2Cc3ccccc3C2=O)CC1)c1ccccc1. The van der Waals surface area contributed by atoms with Crippen molar-refractivity contribution in [3.05, 3.63) is 71.3 Å². The second-order valence-electron chi connectivity index (χ2n) is 7.67. The molecule has 2 aromatic carbocycles. The van der Waals surface area contributed by atoms with Gasteiger partial charge in [-0.05, 0) is 43.5 Å². The van der Waals surface area contributed by atoms with Gasteiger partial charge in [0, 0.05) is 37.2 Å². The van der Waals surface area contributed by atoms with Crippen LogP contribution in [-0.4, -0.2) is 47.7 Å². The Labute approximate surface area is 160 Å². The number of hydrogen-bond acceptors (Lipinski definition) is 3. The van der Waals surface area contributed by atoms with Gasteiger partial charge in [0.2, 0.25) is 0 Å². The van der Waals surface area contributed by atoms with Gasteiger partial charge in [-0.1, -0.05) is 48.5 Å². The highest BCUT2D eigenvalue weighted by atomic mass is 16.2. The van der Waals surface area contributed by atoms with Gasteiger partial charge in [0.1, 0.15) is 0 Å². The van der Waals surface area contributed by atoms with Gasteiger partial charge in [-0.2, -0.15) is 0 Å². The minimum absolute atomic E-state index is 0.182. The number of hydrogen-bond donors (Lipinski definition) is 0. The van der Waals surface area contributed by atoms with Crippen LogP contribution in [0.3, 0.4) is 0 Å². The second kappa shape index (κ2) is 8.05. The molecule has 2 aliphatic heterocycles. The number of amides is 1. The van der Waals surface area contributed by atoms with Crippen molar-refractivity contribution in [3.63, 3.8) is 0 Å². The van der Waals surface area contributed by atoms with Crippen molar-refractivity contribution in [2.45, 2.75) is 25.8 Å². The van der Waals surface area contributed by atoms with E-state index in [-0.39, 0.29) is 11.7 Å². The van der Waals surface area contributed by atoms with Gasteiger partial charge in [-0.3, -0.25) is 9.59 Å². The molecule has 0 N–H and O–H groups in total. The summed E-state index contributed by atoms with van der Waals surface area (Å²) in [6.07, 6.45) is 2.77. The topological polar surface area (TPSA) is 40.6 Å². The molecule has 0 bridgehead atoms. The lowest BCUT2D eigenvalue weighted by atomic mass is 9.96. The quantitative estimate of drug-likeness (QED) is 0.737. The average molecular weight is 362 g/mol. The average Bonchev–Trinajstić information content (AvgIpc) is 3.03. The molecule has 2 aromatic rings. The molecule has 0 atom stereocenters. The molecule has 0 unspecified atom stereocenters. The number of carbonyl (C=O) groups excluding carboxylic acids is 2. The number of piperidine rings is 1. The molecule has 0 aliphatic carbocycles. The number of nitrogens with zero attached hydrogens (tertiary/aromatic N) is 2. The Morgan fingerprint density at radius 2 is 1.67 bits per heavy atom. The van der Waals surface area contributed by atoms with E-state index >= 15 is 0 Å². The smallest absolute Gasteiger partial charge is 0.254 e. The van der Waals surface area contributed by atoms with Crippen LogP contribution in [-0.2, 0) is 6.54 Å². The molecule has 1 amide bonds. The fourth-order valence-electron chi connectivity index (χ4n) is 4.19. The van der Waals surface area contributed by atoms with Crippen molar-refractivity contribution < 1.29 is 9.59 Å². The molecule has 0 aromatic heterocycles. The first-order valence-electron chi connectivity index (χ1n) is 9.88. The van der Waals surface area contributed by atoms with Crippen LogP contribution in [0.25, 0.3) is 0 Å². The number of ketones is 1.